The Morgan fingerprint density at radius 2 is 2.11 bits per heavy atom. The minimum absolute atomic E-state index is 0.297. The van der Waals surface area contributed by atoms with Crippen LogP contribution in [0.5, 0.6) is 0 Å². The maximum absolute atomic E-state index is 8.92. The zero-order chi connectivity index (χ0) is 12.4. The minimum atomic E-state index is 0.297. The van der Waals surface area contributed by atoms with Crippen LogP contribution >= 0.6 is 0 Å². The summed E-state index contributed by atoms with van der Waals surface area (Å²) in [4.78, 5) is 0. The van der Waals surface area contributed by atoms with E-state index in [-0.39, 0.29) is 0 Å². The summed E-state index contributed by atoms with van der Waals surface area (Å²) in [5, 5.41) is 12.6. The zero-order valence-corrected chi connectivity index (χ0v) is 10.9. The van der Waals surface area contributed by atoms with Gasteiger partial charge >= 0.3 is 0 Å². The Bertz CT molecular complexity index is 404. The van der Waals surface area contributed by atoms with Crippen molar-refractivity contribution >= 4 is 0 Å². The van der Waals surface area contributed by atoms with Crippen LogP contribution in [0.1, 0.15) is 42.7 Å². The van der Waals surface area contributed by atoms with E-state index in [0.717, 1.165) is 18.9 Å². The van der Waals surface area contributed by atoms with E-state index >= 15 is 0 Å². The van der Waals surface area contributed by atoms with E-state index in [9.17, 15) is 0 Å². The highest BCUT2D eigenvalue weighted by Crippen LogP contribution is 2.43. The van der Waals surface area contributed by atoms with Gasteiger partial charge in [-0.15, -0.1) is 0 Å². The summed E-state index contributed by atoms with van der Waals surface area (Å²) >= 11 is 0. The average molecular weight is 245 g/mol. The van der Waals surface area contributed by atoms with Crippen molar-refractivity contribution in [1.82, 2.24) is 5.32 Å². The molecular weight excluding hydrogens is 222 g/mol. The van der Waals surface area contributed by atoms with Crippen LogP contribution in [0.25, 0.3) is 0 Å². The monoisotopic (exact) mass is 245 g/mol. The van der Waals surface area contributed by atoms with Crippen molar-refractivity contribution in [2.45, 2.75) is 44.1 Å². The molecule has 1 aromatic carbocycles. The maximum atomic E-state index is 8.92. The van der Waals surface area contributed by atoms with Crippen molar-refractivity contribution in [3.63, 3.8) is 0 Å². The normalized spacial score (nSPS) is 29.9. The number of hydrogen-bond acceptors (Lipinski definition) is 2. The lowest BCUT2D eigenvalue weighted by molar-refractivity contribution is 0.205. The number of nitrogens with one attached hydrogen (secondary N) is 1. The Hall–Kier alpha value is -0.860. The van der Waals surface area contributed by atoms with Gasteiger partial charge < -0.3 is 10.4 Å². The van der Waals surface area contributed by atoms with E-state index in [4.69, 9.17) is 5.11 Å². The molecule has 0 aromatic heterocycles. The molecule has 3 atom stereocenters. The van der Waals surface area contributed by atoms with E-state index in [1.54, 1.807) is 11.1 Å². The van der Waals surface area contributed by atoms with Gasteiger partial charge in [0.2, 0.25) is 0 Å². The Labute approximate surface area is 109 Å². The number of rotatable bonds is 4. The van der Waals surface area contributed by atoms with Crippen LogP contribution in [0.15, 0.2) is 24.3 Å². The first-order valence-corrected chi connectivity index (χ1v) is 7.32. The second-order valence-electron chi connectivity index (χ2n) is 5.76. The van der Waals surface area contributed by atoms with Gasteiger partial charge in [0.1, 0.15) is 0 Å². The number of hydrogen-bond donors (Lipinski definition) is 2. The number of benzene rings is 1. The largest absolute Gasteiger partial charge is 0.396 e. The SMILES string of the molecule is OCCCNC1C2CCCC1c1ccccc1C2. The molecule has 98 valence electrons. The van der Waals surface area contributed by atoms with Crippen LogP contribution in [0.3, 0.4) is 0 Å². The molecule has 1 saturated carbocycles. The fourth-order valence-corrected chi connectivity index (χ4v) is 3.89. The summed E-state index contributed by atoms with van der Waals surface area (Å²) in [6.07, 6.45) is 6.18. The van der Waals surface area contributed by atoms with Crippen molar-refractivity contribution in [3.8, 4) is 0 Å². The Morgan fingerprint density at radius 1 is 1.22 bits per heavy atom. The summed E-state index contributed by atoms with van der Waals surface area (Å²) in [5.74, 6) is 1.50. The lowest BCUT2D eigenvalue weighted by Crippen LogP contribution is -2.47. The minimum Gasteiger partial charge on any atom is -0.396 e. The molecule has 18 heavy (non-hydrogen) atoms. The molecule has 2 aliphatic rings. The second-order valence-corrected chi connectivity index (χ2v) is 5.76. The van der Waals surface area contributed by atoms with Crippen LogP contribution < -0.4 is 5.32 Å². The summed E-state index contributed by atoms with van der Waals surface area (Å²) < 4.78 is 0. The summed E-state index contributed by atoms with van der Waals surface area (Å²) in [7, 11) is 0. The summed E-state index contributed by atoms with van der Waals surface area (Å²) in [6.45, 7) is 1.25. The van der Waals surface area contributed by atoms with Gasteiger partial charge in [0.15, 0.2) is 0 Å². The molecule has 0 heterocycles. The second kappa shape index (κ2) is 5.41. The first kappa shape index (κ1) is 12.2. The van der Waals surface area contributed by atoms with Crippen molar-refractivity contribution in [2.24, 2.45) is 5.92 Å². The first-order valence-electron chi connectivity index (χ1n) is 7.32. The zero-order valence-electron chi connectivity index (χ0n) is 10.9. The Morgan fingerprint density at radius 3 is 3.00 bits per heavy atom. The van der Waals surface area contributed by atoms with Crippen LogP contribution in [0.2, 0.25) is 0 Å². The lowest BCUT2D eigenvalue weighted by Gasteiger charge is -2.44. The van der Waals surface area contributed by atoms with Gasteiger partial charge in [-0.1, -0.05) is 30.7 Å². The van der Waals surface area contributed by atoms with Gasteiger partial charge in [-0.25, -0.2) is 0 Å². The molecule has 0 spiro atoms. The third-order valence-corrected chi connectivity index (χ3v) is 4.68. The predicted octanol–water partition coefficient (Wildman–Crippen LogP) is 2.47. The van der Waals surface area contributed by atoms with Crippen molar-refractivity contribution in [2.75, 3.05) is 13.2 Å². The summed E-state index contributed by atoms with van der Waals surface area (Å²) in [5.41, 5.74) is 3.15. The number of aliphatic hydroxyl groups is 1. The Kier molecular flexibility index (Phi) is 3.67. The molecule has 1 aromatic rings. The highest BCUT2D eigenvalue weighted by molar-refractivity contribution is 5.36. The average Bonchev–Trinajstić information content (AvgIpc) is 2.39. The highest BCUT2D eigenvalue weighted by Gasteiger charge is 2.38. The topological polar surface area (TPSA) is 32.3 Å². The van der Waals surface area contributed by atoms with E-state index in [1.807, 2.05) is 0 Å². The molecule has 3 rings (SSSR count). The molecule has 2 nitrogen and oxygen atoms in total. The highest BCUT2D eigenvalue weighted by atomic mass is 16.3. The van der Waals surface area contributed by atoms with Gasteiger partial charge in [0.05, 0.1) is 0 Å². The molecule has 2 N–H and O–H groups in total. The van der Waals surface area contributed by atoms with Gasteiger partial charge in [0.25, 0.3) is 0 Å². The molecular formula is C16H23NO. The molecule has 3 unspecified atom stereocenters. The predicted molar refractivity (Wildman–Crippen MR) is 73.7 cm³/mol. The third-order valence-electron chi connectivity index (χ3n) is 4.68. The molecule has 0 aliphatic heterocycles. The van der Waals surface area contributed by atoms with Crippen LogP contribution in [0, 0.1) is 5.92 Å². The van der Waals surface area contributed by atoms with E-state index < -0.39 is 0 Å². The van der Waals surface area contributed by atoms with E-state index in [1.165, 1.54) is 25.7 Å². The first-order chi connectivity index (χ1) is 8.90. The lowest BCUT2D eigenvalue weighted by atomic mass is 9.66. The number of aliphatic hydroxyl groups excluding tert-OH is 1. The number of fused-ring (bicyclic) bond motifs is 4. The van der Waals surface area contributed by atoms with Gasteiger partial charge in [0, 0.05) is 12.6 Å². The molecule has 2 bridgehead atoms. The standard InChI is InChI=1S/C16H23NO/c18-10-4-9-17-16-13-6-3-8-15(16)14-7-2-1-5-12(14)11-13/h1-2,5,7,13,15-18H,3-4,6,8-11H2. The van der Waals surface area contributed by atoms with Crippen molar-refractivity contribution in [3.05, 3.63) is 35.4 Å². The van der Waals surface area contributed by atoms with Crippen LogP contribution in [-0.2, 0) is 6.42 Å². The molecule has 0 saturated heterocycles. The van der Waals surface area contributed by atoms with Gasteiger partial charge in [-0.3, -0.25) is 0 Å². The molecule has 2 aliphatic carbocycles. The van der Waals surface area contributed by atoms with E-state index in [0.29, 0.717) is 18.6 Å². The van der Waals surface area contributed by atoms with Crippen molar-refractivity contribution in [1.29, 1.82) is 0 Å². The fourth-order valence-electron chi connectivity index (χ4n) is 3.89. The Balaban J connectivity index is 1.80. The maximum Gasteiger partial charge on any atom is 0.0443 e. The van der Waals surface area contributed by atoms with Crippen LogP contribution in [-0.4, -0.2) is 24.3 Å². The fraction of sp³-hybridized carbons (Fsp3) is 0.625. The molecule has 0 amide bonds. The molecule has 1 fully saturated rings. The molecule has 2 heteroatoms. The van der Waals surface area contributed by atoms with Crippen molar-refractivity contribution < 1.29 is 5.11 Å². The quantitative estimate of drug-likeness (QED) is 0.799. The smallest absolute Gasteiger partial charge is 0.0443 e. The van der Waals surface area contributed by atoms with Crippen LogP contribution in [0.4, 0.5) is 0 Å². The summed E-state index contributed by atoms with van der Waals surface area (Å²) in [6, 6.07) is 9.62. The van der Waals surface area contributed by atoms with E-state index in [2.05, 4.69) is 29.6 Å². The van der Waals surface area contributed by atoms with Gasteiger partial charge in [-0.2, -0.15) is 0 Å². The van der Waals surface area contributed by atoms with Gasteiger partial charge in [-0.05, 0) is 55.2 Å². The third kappa shape index (κ3) is 2.19. The molecule has 0 radical (unpaired) electrons.